The average Bonchev–Trinajstić information content (AvgIpc) is 2.42. The first-order valence-electron chi connectivity index (χ1n) is 5.73. The van der Waals surface area contributed by atoms with Crippen LogP contribution >= 0.6 is 0 Å². The van der Waals surface area contributed by atoms with E-state index in [2.05, 4.69) is 4.74 Å². The number of esters is 1. The second kappa shape index (κ2) is 7.63. The Morgan fingerprint density at radius 2 is 2.06 bits per heavy atom. The number of hydrogen-bond donors (Lipinski definition) is 1. The summed E-state index contributed by atoms with van der Waals surface area (Å²) in [6.45, 7) is 2.17. The summed E-state index contributed by atoms with van der Waals surface area (Å²) in [5.41, 5.74) is 1.04. The molecule has 0 bridgehead atoms. The van der Waals surface area contributed by atoms with Gasteiger partial charge in [-0.3, -0.25) is 0 Å². The first kappa shape index (κ1) is 14.4. The van der Waals surface area contributed by atoms with Crippen molar-refractivity contribution in [3.05, 3.63) is 48.0 Å². The van der Waals surface area contributed by atoms with Crippen LogP contribution in [0.4, 0.5) is 0 Å². The third-order valence-corrected chi connectivity index (χ3v) is 2.47. The minimum absolute atomic E-state index is 0.397. The van der Waals surface area contributed by atoms with Gasteiger partial charge in [0.05, 0.1) is 25.9 Å². The van der Waals surface area contributed by atoms with Crippen molar-refractivity contribution in [2.75, 3.05) is 7.11 Å². The van der Waals surface area contributed by atoms with Crippen LogP contribution in [0.3, 0.4) is 0 Å². The smallest absolute Gasteiger partial charge is 0.330 e. The first-order chi connectivity index (χ1) is 8.63. The summed E-state index contributed by atoms with van der Waals surface area (Å²) in [6, 6.07) is 9.68. The molecule has 2 atom stereocenters. The first-order valence-corrected chi connectivity index (χ1v) is 5.73. The highest BCUT2D eigenvalue weighted by Gasteiger charge is 2.12. The van der Waals surface area contributed by atoms with E-state index in [0.29, 0.717) is 6.61 Å². The normalized spacial score (nSPS) is 14.4. The number of carbonyl (C=O) groups is 1. The molecule has 0 fully saturated rings. The molecule has 0 saturated heterocycles. The second-order valence-corrected chi connectivity index (χ2v) is 3.87. The Bertz CT molecular complexity index is 386. The highest BCUT2D eigenvalue weighted by molar-refractivity contribution is 5.81. The van der Waals surface area contributed by atoms with E-state index in [0.717, 1.165) is 5.56 Å². The number of ether oxygens (including phenoxy) is 2. The Balaban J connectivity index is 2.38. The van der Waals surface area contributed by atoms with E-state index >= 15 is 0 Å². The molecule has 1 aromatic carbocycles. The van der Waals surface area contributed by atoms with Crippen LogP contribution in [0.5, 0.6) is 0 Å². The van der Waals surface area contributed by atoms with Gasteiger partial charge in [-0.05, 0) is 18.6 Å². The van der Waals surface area contributed by atoms with Crippen molar-refractivity contribution in [3.63, 3.8) is 0 Å². The molecule has 1 N–H and O–H groups in total. The molecule has 0 radical (unpaired) electrons. The molecule has 0 aromatic heterocycles. The van der Waals surface area contributed by atoms with Gasteiger partial charge in [0, 0.05) is 6.08 Å². The molecular weight excluding hydrogens is 232 g/mol. The van der Waals surface area contributed by atoms with Gasteiger partial charge in [0.1, 0.15) is 0 Å². The molecule has 0 heterocycles. The monoisotopic (exact) mass is 250 g/mol. The van der Waals surface area contributed by atoms with Gasteiger partial charge in [-0.1, -0.05) is 30.3 Å². The highest BCUT2D eigenvalue weighted by atomic mass is 16.5. The maximum Gasteiger partial charge on any atom is 0.330 e. The summed E-state index contributed by atoms with van der Waals surface area (Å²) in [6.07, 6.45) is 1.31. The zero-order valence-corrected chi connectivity index (χ0v) is 10.6. The topological polar surface area (TPSA) is 55.8 Å². The maximum absolute atomic E-state index is 10.9. The number of methoxy groups -OCH3 is 1. The largest absolute Gasteiger partial charge is 0.466 e. The van der Waals surface area contributed by atoms with E-state index in [9.17, 15) is 9.90 Å². The van der Waals surface area contributed by atoms with Crippen LogP contribution in [0.25, 0.3) is 0 Å². The molecule has 18 heavy (non-hydrogen) atoms. The summed E-state index contributed by atoms with van der Waals surface area (Å²) < 4.78 is 9.93. The molecule has 1 rings (SSSR count). The van der Waals surface area contributed by atoms with Gasteiger partial charge in [-0.2, -0.15) is 0 Å². The van der Waals surface area contributed by atoms with Crippen LogP contribution in [-0.4, -0.2) is 30.4 Å². The summed E-state index contributed by atoms with van der Waals surface area (Å²) in [4.78, 5) is 10.9. The molecule has 0 aliphatic rings. The van der Waals surface area contributed by atoms with E-state index in [-0.39, 0.29) is 0 Å². The van der Waals surface area contributed by atoms with E-state index in [1.54, 1.807) is 6.92 Å². The predicted octanol–water partition coefficient (Wildman–Crippen LogP) is 1.68. The fourth-order valence-corrected chi connectivity index (χ4v) is 1.30. The fourth-order valence-electron chi connectivity index (χ4n) is 1.30. The second-order valence-electron chi connectivity index (χ2n) is 3.87. The van der Waals surface area contributed by atoms with Crippen LogP contribution in [-0.2, 0) is 20.9 Å². The molecule has 0 spiro atoms. The van der Waals surface area contributed by atoms with Crippen molar-refractivity contribution in [2.24, 2.45) is 0 Å². The Morgan fingerprint density at radius 1 is 1.39 bits per heavy atom. The van der Waals surface area contributed by atoms with Crippen molar-refractivity contribution >= 4 is 5.97 Å². The van der Waals surface area contributed by atoms with Gasteiger partial charge >= 0.3 is 5.97 Å². The summed E-state index contributed by atoms with van der Waals surface area (Å²) in [7, 11) is 1.29. The van der Waals surface area contributed by atoms with Crippen LogP contribution in [0.2, 0.25) is 0 Å². The van der Waals surface area contributed by atoms with Gasteiger partial charge in [0.25, 0.3) is 0 Å². The molecule has 98 valence electrons. The number of hydrogen-bond acceptors (Lipinski definition) is 4. The van der Waals surface area contributed by atoms with Crippen LogP contribution < -0.4 is 0 Å². The Hall–Kier alpha value is -1.65. The number of aliphatic hydroxyl groups is 1. The minimum Gasteiger partial charge on any atom is -0.466 e. The van der Waals surface area contributed by atoms with Gasteiger partial charge in [-0.25, -0.2) is 4.79 Å². The Labute approximate surface area is 107 Å². The standard InChI is InChI=1S/C14H18O4/c1-11(13(15)8-9-14(16)17-2)18-10-12-6-4-3-5-7-12/h3-9,11,13,15H,10H2,1-2H3/b9-8+/t11-,13+/m0/s1. The van der Waals surface area contributed by atoms with E-state index in [1.165, 1.54) is 19.3 Å². The quantitative estimate of drug-likeness (QED) is 0.616. The lowest BCUT2D eigenvalue weighted by Gasteiger charge is -2.16. The summed E-state index contributed by atoms with van der Waals surface area (Å²) in [5.74, 6) is -0.496. The van der Waals surface area contributed by atoms with Crippen LogP contribution in [0.15, 0.2) is 42.5 Å². The van der Waals surface area contributed by atoms with Crippen LogP contribution in [0, 0.1) is 0 Å². The summed E-state index contributed by atoms with van der Waals surface area (Å²) in [5, 5.41) is 9.72. The van der Waals surface area contributed by atoms with E-state index in [1.807, 2.05) is 30.3 Å². The Kier molecular flexibility index (Phi) is 6.11. The van der Waals surface area contributed by atoms with Crippen LogP contribution in [0.1, 0.15) is 12.5 Å². The van der Waals surface area contributed by atoms with Gasteiger partial charge in [-0.15, -0.1) is 0 Å². The van der Waals surface area contributed by atoms with E-state index < -0.39 is 18.2 Å². The van der Waals surface area contributed by atoms with E-state index in [4.69, 9.17) is 4.74 Å². The SMILES string of the molecule is COC(=O)/C=C/[C@@H](O)[C@H](C)OCc1ccccc1. The average molecular weight is 250 g/mol. The zero-order valence-electron chi connectivity index (χ0n) is 10.6. The lowest BCUT2D eigenvalue weighted by molar-refractivity contribution is -0.134. The summed E-state index contributed by atoms with van der Waals surface area (Å²) >= 11 is 0. The number of rotatable bonds is 6. The lowest BCUT2D eigenvalue weighted by Crippen LogP contribution is -2.24. The molecule has 0 aliphatic carbocycles. The van der Waals surface area contributed by atoms with Gasteiger partial charge in [0.2, 0.25) is 0 Å². The molecule has 0 aliphatic heterocycles. The molecule has 4 nitrogen and oxygen atoms in total. The fraction of sp³-hybridized carbons (Fsp3) is 0.357. The third kappa shape index (κ3) is 5.12. The van der Waals surface area contributed by atoms with Gasteiger partial charge in [0.15, 0.2) is 0 Å². The van der Waals surface area contributed by atoms with Crippen molar-refractivity contribution in [1.29, 1.82) is 0 Å². The highest BCUT2D eigenvalue weighted by Crippen LogP contribution is 2.06. The van der Waals surface area contributed by atoms with Crippen molar-refractivity contribution < 1.29 is 19.4 Å². The minimum atomic E-state index is -0.840. The number of benzene rings is 1. The van der Waals surface area contributed by atoms with Gasteiger partial charge < -0.3 is 14.6 Å². The molecule has 4 heteroatoms. The van der Waals surface area contributed by atoms with Crippen molar-refractivity contribution in [1.82, 2.24) is 0 Å². The third-order valence-electron chi connectivity index (χ3n) is 2.47. The molecule has 0 amide bonds. The molecule has 0 unspecified atom stereocenters. The lowest BCUT2D eigenvalue weighted by atomic mass is 10.2. The zero-order chi connectivity index (χ0) is 13.4. The molecule has 0 saturated carbocycles. The van der Waals surface area contributed by atoms with Crippen molar-refractivity contribution in [2.45, 2.75) is 25.7 Å². The maximum atomic E-state index is 10.9. The Morgan fingerprint density at radius 3 is 2.67 bits per heavy atom. The molecular formula is C14H18O4. The predicted molar refractivity (Wildman–Crippen MR) is 67.9 cm³/mol. The van der Waals surface area contributed by atoms with Crippen molar-refractivity contribution in [3.8, 4) is 0 Å². The number of aliphatic hydroxyl groups excluding tert-OH is 1. The molecule has 1 aromatic rings. The number of carbonyl (C=O) groups excluding carboxylic acids is 1.